The van der Waals surface area contributed by atoms with Crippen molar-refractivity contribution in [3.8, 4) is 0 Å². The molecule has 1 saturated heterocycles. The van der Waals surface area contributed by atoms with Gasteiger partial charge in [0.1, 0.15) is 6.10 Å². The molecule has 5 nitrogen and oxygen atoms in total. The van der Waals surface area contributed by atoms with E-state index in [9.17, 15) is 4.79 Å². The maximum Gasteiger partial charge on any atom is 0.319 e. The number of halogens is 1. The molecule has 26 heavy (non-hydrogen) atoms. The predicted octanol–water partition coefficient (Wildman–Crippen LogP) is 4.43. The highest BCUT2D eigenvalue weighted by atomic mass is 35.5. The molecule has 0 aliphatic carbocycles. The van der Waals surface area contributed by atoms with Crippen LogP contribution in [0.15, 0.2) is 48.5 Å². The van der Waals surface area contributed by atoms with Crippen molar-refractivity contribution in [2.24, 2.45) is 5.73 Å². The third-order valence-electron chi connectivity index (χ3n) is 4.48. The number of urea groups is 1. The topological polar surface area (TPSA) is 64.8 Å². The van der Waals surface area contributed by atoms with Crippen molar-refractivity contribution in [3.63, 3.8) is 0 Å². The second-order valence-electron chi connectivity index (χ2n) is 6.87. The second kappa shape index (κ2) is 7.27. The zero-order valence-electron chi connectivity index (χ0n) is 15.1. The summed E-state index contributed by atoms with van der Waals surface area (Å²) < 4.78 is 12.0. The van der Waals surface area contributed by atoms with Crippen LogP contribution in [0.2, 0.25) is 5.02 Å². The largest absolute Gasteiger partial charge is 0.351 e. The number of primary amides is 1. The number of benzene rings is 2. The van der Waals surface area contributed by atoms with E-state index in [0.29, 0.717) is 17.3 Å². The molecular formula is C20H23ClN2O3. The predicted molar refractivity (Wildman–Crippen MR) is 102 cm³/mol. The highest BCUT2D eigenvalue weighted by molar-refractivity contribution is 6.30. The van der Waals surface area contributed by atoms with Gasteiger partial charge in [-0.15, -0.1) is 0 Å². The lowest BCUT2D eigenvalue weighted by atomic mass is 9.98. The van der Waals surface area contributed by atoms with Gasteiger partial charge in [-0.25, -0.2) is 4.79 Å². The molecule has 0 saturated carbocycles. The van der Waals surface area contributed by atoms with Gasteiger partial charge in [0.2, 0.25) is 0 Å². The van der Waals surface area contributed by atoms with E-state index in [1.807, 2.05) is 51.1 Å². The van der Waals surface area contributed by atoms with E-state index >= 15 is 0 Å². The standard InChI is InChI=1S/C20H23ClN2O3/c1-13-11-15(21)9-10-16(13)23(19(22)24)17-12-25-20(2,3)26-18(17)14-7-5-4-6-8-14/h4-11,17-18H,12H2,1-3H3,(H2,22,24)/t17-,18+/m0/s1. The maximum atomic E-state index is 12.4. The minimum absolute atomic E-state index is 0.303. The Labute approximate surface area is 158 Å². The van der Waals surface area contributed by atoms with Crippen molar-refractivity contribution in [1.29, 1.82) is 0 Å². The molecular weight excluding hydrogens is 352 g/mol. The van der Waals surface area contributed by atoms with Gasteiger partial charge in [-0.2, -0.15) is 0 Å². The zero-order valence-corrected chi connectivity index (χ0v) is 15.9. The molecule has 1 heterocycles. The number of rotatable bonds is 3. The van der Waals surface area contributed by atoms with E-state index in [1.165, 1.54) is 0 Å². The first kappa shape index (κ1) is 18.7. The third kappa shape index (κ3) is 3.85. The summed E-state index contributed by atoms with van der Waals surface area (Å²) in [6.45, 7) is 5.92. The van der Waals surface area contributed by atoms with Crippen LogP contribution in [-0.2, 0) is 9.47 Å². The highest BCUT2D eigenvalue weighted by Crippen LogP contribution is 2.38. The summed E-state index contributed by atoms with van der Waals surface area (Å²) in [6.07, 6.45) is -0.373. The lowest BCUT2D eigenvalue weighted by molar-refractivity contribution is -0.281. The van der Waals surface area contributed by atoms with Crippen LogP contribution in [0.1, 0.15) is 31.1 Å². The van der Waals surface area contributed by atoms with Crippen molar-refractivity contribution >= 4 is 23.3 Å². The fraction of sp³-hybridized carbons (Fsp3) is 0.350. The number of amides is 2. The van der Waals surface area contributed by atoms with E-state index < -0.39 is 17.9 Å². The SMILES string of the molecule is Cc1cc(Cl)ccc1N(C(N)=O)[C@H]1COC(C)(C)O[C@@H]1c1ccccc1. The molecule has 2 N–H and O–H groups in total. The molecule has 2 aromatic rings. The second-order valence-corrected chi connectivity index (χ2v) is 7.30. The number of nitrogens with zero attached hydrogens (tertiary/aromatic N) is 1. The molecule has 2 amide bonds. The lowest BCUT2D eigenvalue weighted by Crippen LogP contribution is -2.55. The first-order valence-electron chi connectivity index (χ1n) is 8.50. The van der Waals surface area contributed by atoms with Crippen molar-refractivity contribution < 1.29 is 14.3 Å². The van der Waals surface area contributed by atoms with Crippen LogP contribution in [0.5, 0.6) is 0 Å². The number of aryl methyl sites for hydroxylation is 1. The Bertz CT molecular complexity index is 795. The summed E-state index contributed by atoms with van der Waals surface area (Å²) in [5.41, 5.74) is 8.27. The van der Waals surface area contributed by atoms with Gasteiger partial charge in [0.15, 0.2) is 5.79 Å². The Morgan fingerprint density at radius 2 is 1.92 bits per heavy atom. The van der Waals surface area contributed by atoms with Gasteiger partial charge in [-0.05, 0) is 50.1 Å². The van der Waals surface area contributed by atoms with E-state index in [-0.39, 0.29) is 6.10 Å². The molecule has 1 fully saturated rings. The molecule has 0 aromatic heterocycles. The number of hydrogen-bond donors (Lipinski definition) is 1. The van der Waals surface area contributed by atoms with E-state index in [4.69, 9.17) is 26.8 Å². The van der Waals surface area contributed by atoms with Gasteiger partial charge in [-0.1, -0.05) is 41.9 Å². The fourth-order valence-corrected chi connectivity index (χ4v) is 3.51. The molecule has 0 radical (unpaired) electrons. The summed E-state index contributed by atoms with van der Waals surface area (Å²) in [5.74, 6) is -0.755. The van der Waals surface area contributed by atoms with Crippen LogP contribution < -0.4 is 10.6 Å². The molecule has 2 aromatic carbocycles. The molecule has 1 aliphatic heterocycles. The smallest absolute Gasteiger partial charge is 0.319 e. The summed E-state index contributed by atoms with van der Waals surface area (Å²) in [4.78, 5) is 13.9. The van der Waals surface area contributed by atoms with Crippen LogP contribution in [0, 0.1) is 6.92 Å². The average molecular weight is 375 g/mol. The number of anilines is 1. The highest BCUT2D eigenvalue weighted by Gasteiger charge is 2.42. The first-order valence-corrected chi connectivity index (χ1v) is 8.88. The van der Waals surface area contributed by atoms with Crippen LogP contribution >= 0.6 is 11.6 Å². The number of carbonyl (C=O) groups excluding carboxylic acids is 1. The van der Waals surface area contributed by atoms with Gasteiger partial charge in [0.25, 0.3) is 0 Å². The van der Waals surface area contributed by atoms with E-state index in [2.05, 4.69) is 0 Å². The Morgan fingerprint density at radius 3 is 2.54 bits per heavy atom. The summed E-state index contributed by atoms with van der Waals surface area (Å²) in [7, 11) is 0. The summed E-state index contributed by atoms with van der Waals surface area (Å²) in [5, 5.41) is 0.604. The quantitative estimate of drug-likeness (QED) is 0.864. The van der Waals surface area contributed by atoms with Crippen molar-refractivity contribution in [2.45, 2.75) is 38.7 Å². The zero-order chi connectivity index (χ0) is 18.9. The molecule has 0 spiro atoms. The monoisotopic (exact) mass is 374 g/mol. The van der Waals surface area contributed by atoms with Gasteiger partial charge in [-0.3, -0.25) is 4.90 Å². The minimum Gasteiger partial charge on any atom is -0.351 e. The Kier molecular flexibility index (Phi) is 5.23. The van der Waals surface area contributed by atoms with Crippen molar-refractivity contribution in [3.05, 3.63) is 64.7 Å². The average Bonchev–Trinajstić information content (AvgIpc) is 2.58. The van der Waals surface area contributed by atoms with Crippen LogP contribution in [0.4, 0.5) is 10.5 Å². The number of nitrogens with two attached hydrogens (primary N) is 1. The maximum absolute atomic E-state index is 12.4. The van der Waals surface area contributed by atoms with E-state index in [0.717, 1.165) is 11.1 Å². The van der Waals surface area contributed by atoms with Gasteiger partial charge in [0.05, 0.1) is 12.6 Å². The third-order valence-corrected chi connectivity index (χ3v) is 4.71. The van der Waals surface area contributed by atoms with Gasteiger partial charge >= 0.3 is 6.03 Å². The van der Waals surface area contributed by atoms with Crippen molar-refractivity contribution in [2.75, 3.05) is 11.5 Å². The molecule has 2 atom stereocenters. The number of hydrogen-bond acceptors (Lipinski definition) is 3. The lowest BCUT2D eigenvalue weighted by Gasteiger charge is -2.45. The molecule has 0 unspecified atom stereocenters. The van der Waals surface area contributed by atoms with Crippen LogP contribution in [0.25, 0.3) is 0 Å². The van der Waals surface area contributed by atoms with Gasteiger partial charge in [0, 0.05) is 10.7 Å². The number of ether oxygens (including phenoxy) is 2. The van der Waals surface area contributed by atoms with Crippen LogP contribution in [0.3, 0.4) is 0 Å². The summed E-state index contributed by atoms with van der Waals surface area (Å²) >= 11 is 6.06. The Balaban J connectivity index is 2.05. The van der Waals surface area contributed by atoms with E-state index in [1.54, 1.807) is 23.1 Å². The Hall–Kier alpha value is -2.08. The molecule has 3 rings (SSSR count). The normalized spacial score (nSPS) is 22.0. The van der Waals surface area contributed by atoms with Gasteiger partial charge < -0.3 is 15.2 Å². The molecule has 6 heteroatoms. The van der Waals surface area contributed by atoms with Crippen LogP contribution in [-0.4, -0.2) is 24.5 Å². The van der Waals surface area contributed by atoms with Crippen molar-refractivity contribution in [1.82, 2.24) is 0 Å². The fourth-order valence-electron chi connectivity index (χ4n) is 3.28. The molecule has 1 aliphatic rings. The first-order chi connectivity index (χ1) is 12.3. The Morgan fingerprint density at radius 1 is 1.23 bits per heavy atom. The molecule has 0 bridgehead atoms. The number of carbonyl (C=O) groups is 1. The molecule has 138 valence electrons. The summed E-state index contributed by atoms with van der Waals surface area (Å²) in [6, 6.07) is 14.2. The minimum atomic E-state index is -0.755.